The molecule has 1 N–H and O–H groups in total. The molecule has 0 saturated carbocycles. The smallest absolute Gasteiger partial charge is 0.333 e. The van der Waals surface area contributed by atoms with Gasteiger partial charge in [-0.3, -0.25) is 14.4 Å². The lowest BCUT2D eigenvalue weighted by Gasteiger charge is -2.13. The average molecular weight is 284 g/mol. The zero-order valence-corrected chi connectivity index (χ0v) is 10.9. The third-order valence-corrected chi connectivity index (χ3v) is 3.05. The third kappa shape index (κ3) is 3.77. The van der Waals surface area contributed by atoms with Crippen LogP contribution in [-0.4, -0.2) is 48.0 Å². The molecular weight excluding hydrogens is 268 g/mol. The summed E-state index contributed by atoms with van der Waals surface area (Å²) in [6.45, 7) is 1.42. The van der Waals surface area contributed by atoms with Crippen LogP contribution in [0.2, 0.25) is 0 Å². The number of imide groups is 1. The normalized spacial score (nSPS) is 22.2. The number of rotatable bonds is 5. The van der Waals surface area contributed by atoms with Crippen LogP contribution in [0.4, 0.5) is 0 Å². The number of ether oxygens (including phenoxy) is 1. The molecule has 1 atom stereocenters. The van der Waals surface area contributed by atoms with E-state index in [1.165, 1.54) is 0 Å². The highest BCUT2D eigenvalue weighted by molar-refractivity contribution is 6.01. The van der Waals surface area contributed by atoms with Crippen LogP contribution in [0.15, 0.2) is 0 Å². The molecule has 2 amide bonds. The van der Waals surface area contributed by atoms with Crippen LogP contribution in [0.25, 0.3) is 0 Å². The van der Waals surface area contributed by atoms with E-state index in [9.17, 15) is 19.2 Å². The van der Waals surface area contributed by atoms with Crippen molar-refractivity contribution in [1.82, 2.24) is 10.4 Å². The van der Waals surface area contributed by atoms with E-state index < -0.39 is 23.8 Å². The fourth-order valence-electron chi connectivity index (χ4n) is 1.98. The van der Waals surface area contributed by atoms with Crippen molar-refractivity contribution >= 4 is 23.8 Å². The summed E-state index contributed by atoms with van der Waals surface area (Å²) in [5.74, 6) is -2.37. The summed E-state index contributed by atoms with van der Waals surface area (Å²) in [5, 5.41) is 3.52. The summed E-state index contributed by atoms with van der Waals surface area (Å²) in [7, 11) is 0. The van der Waals surface area contributed by atoms with Crippen molar-refractivity contribution in [3.63, 3.8) is 0 Å². The molecule has 0 spiro atoms. The first-order valence-corrected chi connectivity index (χ1v) is 6.53. The lowest BCUT2D eigenvalue weighted by Crippen LogP contribution is -2.32. The van der Waals surface area contributed by atoms with Gasteiger partial charge in [0, 0.05) is 19.4 Å². The standard InChI is InChI=1S/C12H16N2O6/c15-9-1-2-10(16)14(9)20-12(18)4-3-11(17)19-8-5-6-13-7-8/h8,13H,1-7H2. The summed E-state index contributed by atoms with van der Waals surface area (Å²) in [4.78, 5) is 50.0. The molecule has 2 aliphatic rings. The Morgan fingerprint density at radius 3 is 2.40 bits per heavy atom. The van der Waals surface area contributed by atoms with Gasteiger partial charge in [0.05, 0.1) is 12.8 Å². The molecule has 8 nitrogen and oxygen atoms in total. The molecule has 2 fully saturated rings. The Labute approximate surface area is 115 Å². The second kappa shape index (κ2) is 6.47. The fraction of sp³-hybridized carbons (Fsp3) is 0.667. The molecule has 2 heterocycles. The van der Waals surface area contributed by atoms with Crippen molar-refractivity contribution in [2.24, 2.45) is 0 Å². The highest BCUT2D eigenvalue weighted by Gasteiger charge is 2.32. The minimum absolute atomic E-state index is 0.0445. The van der Waals surface area contributed by atoms with E-state index in [1.807, 2.05) is 0 Å². The summed E-state index contributed by atoms with van der Waals surface area (Å²) in [5.41, 5.74) is 0. The average Bonchev–Trinajstić information content (AvgIpc) is 3.01. The van der Waals surface area contributed by atoms with Crippen LogP contribution in [-0.2, 0) is 28.8 Å². The van der Waals surface area contributed by atoms with Crippen LogP contribution in [0.1, 0.15) is 32.1 Å². The van der Waals surface area contributed by atoms with E-state index in [-0.39, 0.29) is 31.8 Å². The quantitative estimate of drug-likeness (QED) is 0.525. The zero-order chi connectivity index (χ0) is 14.5. The van der Waals surface area contributed by atoms with E-state index in [4.69, 9.17) is 4.74 Å². The molecule has 0 aromatic rings. The Kier molecular flexibility index (Phi) is 4.67. The lowest BCUT2D eigenvalue weighted by molar-refractivity contribution is -0.197. The van der Waals surface area contributed by atoms with Crippen molar-refractivity contribution in [3.8, 4) is 0 Å². The number of nitrogens with one attached hydrogen (secondary N) is 1. The highest BCUT2D eigenvalue weighted by Crippen LogP contribution is 2.13. The van der Waals surface area contributed by atoms with Gasteiger partial charge in [0.1, 0.15) is 6.10 Å². The van der Waals surface area contributed by atoms with Crippen LogP contribution in [0.3, 0.4) is 0 Å². The second-order valence-electron chi connectivity index (χ2n) is 4.65. The van der Waals surface area contributed by atoms with Crippen LogP contribution < -0.4 is 5.32 Å². The van der Waals surface area contributed by atoms with Gasteiger partial charge in [0.2, 0.25) is 0 Å². The Balaban J connectivity index is 1.68. The molecule has 2 rings (SSSR count). The van der Waals surface area contributed by atoms with Crippen molar-refractivity contribution in [1.29, 1.82) is 0 Å². The number of hydroxylamine groups is 2. The first-order chi connectivity index (χ1) is 9.56. The predicted octanol–water partition coefficient (Wildman–Crippen LogP) is -0.721. The van der Waals surface area contributed by atoms with Gasteiger partial charge in [-0.15, -0.1) is 5.06 Å². The van der Waals surface area contributed by atoms with Crippen LogP contribution >= 0.6 is 0 Å². The number of hydrogen-bond donors (Lipinski definition) is 1. The summed E-state index contributed by atoms with van der Waals surface area (Å²) < 4.78 is 5.12. The molecule has 2 saturated heterocycles. The third-order valence-electron chi connectivity index (χ3n) is 3.05. The molecule has 2 aliphatic heterocycles. The molecule has 0 aliphatic carbocycles. The topological polar surface area (TPSA) is 102 Å². The maximum Gasteiger partial charge on any atom is 0.333 e. The lowest BCUT2D eigenvalue weighted by atomic mass is 10.3. The van der Waals surface area contributed by atoms with E-state index in [0.717, 1.165) is 13.0 Å². The first kappa shape index (κ1) is 14.4. The molecule has 20 heavy (non-hydrogen) atoms. The SMILES string of the molecule is O=C(CCC(=O)ON1C(=O)CCC1=O)OC1CCNC1. The largest absolute Gasteiger partial charge is 0.461 e. The maximum atomic E-state index is 11.5. The summed E-state index contributed by atoms with van der Waals surface area (Å²) >= 11 is 0. The van der Waals surface area contributed by atoms with E-state index in [0.29, 0.717) is 11.6 Å². The molecular formula is C12H16N2O6. The van der Waals surface area contributed by atoms with Gasteiger partial charge in [-0.25, -0.2) is 4.79 Å². The molecule has 8 heteroatoms. The van der Waals surface area contributed by atoms with Crippen molar-refractivity contribution in [2.75, 3.05) is 13.1 Å². The minimum atomic E-state index is -0.796. The van der Waals surface area contributed by atoms with E-state index in [2.05, 4.69) is 10.2 Å². The van der Waals surface area contributed by atoms with Crippen molar-refractivity contribution in [2.45, 2.75) is 38.2 Å². The highest BCUT2D eigenvalue weighted by atomic mass is 16.7. The predicted molar refractivity (Wildman–Crippen MR) is 63.8 cm³/mol. The molecule has 1 unspecified atom stereocenters. The van der Waals surface area contributed by atoms with Crippen molar-refractivity contribution < 1.29 is 28.8 Å². The Bertz CT molecular complexity index is 414. The Morgan fingerprint density at radius 2 is 1.80 bits per heavy atom. The first-order valence-electron chi connectivity index (χ1n) is 6.53. The summed E-state index contributed by atoms with van der Waals surface area (Å²) in [6, 6.07) is 0. The van der Waals surface area contributed by atoms with Gasteiger partial charge < -0.3 is 14.9 Å². The number of carbonyl (C=O) groups is 4. The Hall–Kier alpha value is -1.96. The number of esters is 1. The number of carbonyl (C=O) groups excluding carboxylic acids is 4. The molecule has 0 aromatic carbocycles. The van der Waals surface area contributed by atoms with Crippen molar-refractivity contribution in [3.05, 3.63) is 0 Å². The van der Waals surface area contributed by atoms with Gasteiger partial charge in [-0.05, 0) is 13.0 Å². The van der Waals surface area contributed by atoms with Gasteiger partial charge in [-0.2, -0.15) is 0 Å². The second-order valence-corrected chi connectivity index (χ2v) is 4.65. The van der Waals surface area contributed by atoms with Gasteiger partial charge in [-0.1, -0.05) is 0 Å². The van der Waals surface area contributed by atoms with E-state index in [1.54, 1.807) is 0 Å². The number of nitrogens with zero attached hydrogens (tertiary/aromatic N) is 1. The zero-order valence-electron chi connectivity index (χ0n) is 10.9. The molecule has 0 aromatic heterocycles. The monoisotopic (exact) mass is 284 g/mol. The molecule has 0 radical (unpaired) electrons. The van der Waals surface area contributed by atoms with Gasteiger partial charge in [0.25, 0.3) is 11.8 Å². The fourth-order valence-corrected chi connectivity index (χ4v) is 1.98. The molecule has 110 valence electrons. The number of amides is 2. The van der Waals surface area contributed by atoms with Gasteiger partial charge >= 0.3 is 11.9 Å². The molecule has 0 bridgehead atoms. The summed E-state index contributed by atoms with van der Waals surface area (Å²) in [6.07, 6.45) is 0.334. The van der Waals surface area contributed by atoms with Crippen LogP contribution in [0.5, 0.6) is 0 Å². The number of hydrogen-bond acceptors (Lipinski definition) is 7. The minimum Gasteiger partial charge on any atom is -0.461 e. The Morgan fingerprint density at radius 1 is 1.15 bits per heavy atom. The van der Waals surface area contributed by atoms with Gasteiger partial charge in [0.15, 0.2) is 0 Å². The van der Waals surface area contributed by atoms with Crippen LogP contribution in [0, 0.1) is 0 Å². The maximum absolute atomic E-state index is 11.5. The van der Waals surface area contributed by atoms with E-state index >= 15 is 0 Å².